The Morgan fingerprint density at radius 3 is 2.00 bits per heavy atom. The van der Waals surface area contributed by atoms with Crippen LogP contribution in [0.3, 0.4) is 0 Å². The molecule has 3 unspecified atom stereocenters. The van der Waals surface area contributed by atoms with Gasteiger partial charge in [0, 0.05) is 85.5 Å². The second kappa shape index (κ2) is 7.79. The van der Waals surface area contributed by atoms with Crippen LogP contribution in [-0.2, 0) is 4.79 Å². The van der Waals surface area contributed by atoms with Gasteiger partial charge >= 0.3 is 0 Å². The van der Waals surface area contributed by atoms with Crippen LogP contribution < -0.4 is 16.4 Å². The van der Waals surface area contributed by atoms with Gasteiger partial charge in [-0.2, -0.15) is 0 Å². The lowest BCUT2D eigenvalue weighted by molar-refractivity contribution is -0.176. The first-order valence-corrected chi connectivity index (χ1v) is 10.7. The number of nitrogens with one attached hydrogen (secondary N) is 2. The van der Waals surface area contributed by atoms with Crippen molar-refractivity contribution in [3.05, 3.63) is 0 Å². The first-order chi connectivity index (χ1) is 13.3. The fourth-order valence-corrected chi connectivity index (χ4v) is 5.88. The van der Waals surface area contributed by atoms with E-state index in [0.29, 0.717) is 6.29 Å². The summed E-state index contributed by atoms with van der Waals surface area (Å²) in [6.07, 6.45) is 0.355. The predicted octanol–water partition coefficient (Wildman–Crippen LogP) is -2.74. The summed E-state index contributed by atoms with van der Waals surface area (Å²) in [6.45, 7) is 12.8. The fraction of sp³-hybridized carbons (Fsp3) is 0.947. The van der Waals surface area contributed by atoms with Crippen molar-refractivity contribution < 1.29 is 4.79 Å². The van der Waals surface area contributed by atoms with Gasteiger partial charge in [0.05, 0.1) is 11.1 Å². The number of nitrogens with two attached hydrogens (primary N) is 1. The van der Waals surface area contributed by atoms with Gasteiger partial charge in [0.25, 0.3) is 0 Å². The molecule has 0 aromatic heterocycles. The molecule has 9 nitrogen and oxygen atoms in total. The van der Waals surface area contributed by atoms with Crippen LogP contribution in [0.2, 0.25) is 0 Å². The molecule has 6 bridgehead atoms. The van der Waals surface area contributed by atoms with Crippen molar-refractivity contribution in [1.29, 1.82) is 0 Å². The standard InChI is InChI=1S/C19H38N8O/c1-16(28)22-19-10-21-4-5-25-11-18(20)12-26(8-6-23(2)14-19)17(25)27(13-18)9-7-24(3)15-19/h17,21H,4-15,20H2,1-3H3,(H,22,28)/t17-,18+,19-. The minimum atomic E-state index is -0.292. The van der Waals surface area contributed by atoms with Crippen molar-refractivity contribution >= 4 is 5.91 Å². The van der Waals surface area contributed by atoms with E-state index in [1.807, 2.05) is 0 Å². The highest BCUT2D eigenvalue weighted by molar-refractivity contribution is 5.74. The van der Waals surface area contributed by atoms with E-state index >= 15 is 0 Å². The van der Waals surface area contributed by atoms with Gasteiger partial charge in [-0.1, -0.05) is 0 Å². The van der Waals surface area contributed by atoms with E-state index in [1.54, 1.807) is 6.92 Å². The third kappa shape index (κ3) is 4.21. The van der Waals surface area contributed by atoms with Crippen molar-refractivity contribution in [1.82, 2.24) is 35.1 Å². The average Bonchev–Trinajstić information content (AvgIpc) is 2.59. The minimum absolute atomic E-state index is 0.0443. The number of rotatable bonds is 1. The Kier molecular flexibility index (Phi) is 5.69. The van der Waals surface area contributed by atoms with E-state index in [2.05, 4.69) is 49.2 Å². The van der Waals surface area contributed by atoms with Crippen LogP contribution in [0.4, 0.5) is 0 Å². The molecule has 6 aliphatic heterocycles. The Morgan fingerprint density at radius 2 is 1.46 bits per heavy atom. The van der Waals surface area contributed by atoms with Gasteiger partial charge in [0.2, 0.25) is 5.91 Å². The molecule has 6 saturated heterocycles. The number of amides is 1. The second-order valence-electron chi connectivity index (χ2n) is 9.73. The summed E-state index contributed by atoms with van der Waals surface area (Å²) in [4.78, 5) is 24.5. The molecule has 6 aliphatic rings. The van der Waals surface area contributed by atoms with Crippen molar-refractivity contribution in [3.63, 3.8) is 0 Å². The normalized spacial score (nSPS) is 45.6. The molecule has 3 atom stereocenters. The summed E-state index contributed by atoms with van der Waals surface area (Å²) in [6, 6.07) is 0. The number of hydrogen-bond acceptors (Lipinski definition) is 8. The zero-order valence-corrected chi connectivity index (χ0v) is 17.8. The van der Waals surface area contributed by atoms with Crippen molar-refractivity contribution in [2.45, 2.75) is 24.3 Å². The Bertz CT molecular complexity index is 560. The molecule has 0 radical (unpaired) electrons. The molecule has 6 heterocycles. The third-order valence-electron chi connectivity index (χ3n) is 6.70. The summed E-state index contributed by atoms with van der Waals surface area (Å²) >= 11 is 0. The van der Waals surface area contributed by atoms with Crippen LogP contribution in [0.15, 0.2) is 0 Å². The lowest BCUT2D eigenvalue weighted by Gasteiger charge is -2.62. The number of fused-ring (bicyclic) bond motifs is 9. The highest BCUT2D eigenvalue weighted by Gasteiger charge is 2.50. The Morgan fingerprint density at radius 1 is 0.929 bits per heavy atom. The maximum absolute atomic E-state index is 12.1. The van der Waals surface area contributed by atoms with Gasteiger partial charge < -0.3 is 26.2 Å². The minimum Gasteiger partial charge on any atom is -0.347 e. The van der Waals surface area contributed by atoms with Gasteiger partial charge in [0.1, 0.15) is 6.29 Å². The van der Waals surface area contributed by atoms with Gasteiger partial charge in [-0.3, -0.25) is 19.5 Å². The van der Waals surface area contributed by atoms with E-state index in [0.717, 1.165) is 78.5 Å². The molecule has 0 aliphatic carbocycles. The zero-order chi connectivity index (χ0) is 19.9. The molecule has 0 aromatic carbocycles. The molecule has 4 N–H and O–H groups in total. The first kappa shape index (κ1) is 20.5. The van der Waals surface area contributed by atoms with Crippen LogP contribution in [0, 0.1) is 0 Å². The molecular weight excluding hydrogens is 356 g/mol. The van der Waals surface area contributed by atoms with Crippen LogP contribution in [-0.4, -0.2) is 140 Å². The van der Waals surface area contributed by atoms with E-state index in [4.69, 9.17) is 5.73 Å². The molecule has 28 heavy (non-hydrogen) atoms. The van der Waals surface area contributed by atoms with E-state index in [1.165, 1.54) is 0 Å². The van der Waals surface area contributed by atoms with Gasteiger partial charge in [-0.15, -0.1) is 0 Å². The van der Waals surface area contributed by atoms with Gasteiger partial charge in [-0.05, 0) is 14.1 Å². The summed E-state index contributed by atoms with van der Waals surface area (Å²) in [5.74, 6) is 0.0443. The molecule has 6 rings (SSSR count). The summed E-state index contributed by atoms with van der Waals surface area (Å²) in [7, 11) is 4.34. The molecule has 9 heteroatoms. The Balaban J connectivity index is 1.68. The lowest BCUT2D eigenvalue weighted by Crippen LogP contribution is -2.82. The molecule has 6 fully saturated rings. The summed E-state index contributed by atoms with van der Waals surface area (Å²) in [5.41, 5.74) is 6.42. The molecular formula is C19H38N8O. The third-order valence-corrected chi connectivity index (χ3v) is 6.70. The topological polar surface area (TPSA) is 83.3 Å². The molecule has 0 saturated carbocycles. The number of carbonyl (C=O) groups is 1. The quantitative estimate of drug-likeness (QED) is 0.442. The predicted molar refractivity (Wildman–Crippen MR) is 110 cm³/mol. The van der Waals surface area contributed by atoms with Crippen molar-refractivity contribution in [3.8, 4) is 0 Å². The summed E-state index contributed by atoms with van der Waals surface area (Å²) in [5, 5.41) is 6.96. The van der Waals surface area contributed by atoms with Crippen LogP contribution >= 0.6 is 0 Å². The SMILES string of the molecule is CC(=O)N[C@]12CNCCN3C[C@]4(N)CN(CCN(C)C1)[C@@H]3N(CCN(C)C2)C4. The smallest absolute Gasteiger partial charge is 0.217 e. The fourth-order valence-electron chi connectivity index (χ4n) is 5.88. The van der Waals surface area contributed by atoms with Crippen LogP contribution in [0.25, 0.3) is 0 Å². The van der Waals surface area contributed by atoms with Gasteiger partial charge in [0.15, 0.2) is 0 Å². The molecule has 1 amide bonds. The lowest BCUT2D eigenvalue weighted by atomic mass is 9.90. The number of carbonyl (C=O) groups excluding carboxylic acids is 1. The van der Waals surface area contributed by atoms with Gasteiger partial charge in [-0.25, -0.2) is 0 Å². The number of likely N-dealkylation sites (N-methyl/N-ethyl adjacent to an activating group) is 2. The highest BCUT2D eigenvalue weighted by atomic mass is 16.1. The number of hydrogen-bond donors (Lipinski definition) is 3. The van der Waals surface area contributed by atoms with Crippen molar-refractivity contribution in [2.24, 2.45) is 5.73 Å². The highest BCUT2D eigenvalue weighted by Crippen LogP contribution is 2.30. The molecule has 0 spiro atoms. The zero-order valence-electron chi connectivity index (χ0n) is 17.8. The second-order valence-corrected chi connectivity index (χ2v) is 9.73. The van der Waals surface area contributed by atoms with E-state index < -0.39 is 0 Å². The van der Waals surface area contributed by atoms with Crippen LogP contribution in [0.1, 0.15) is 6.92 Å². The molecule has 0 aromatic rings. The summed E-state index contributed by atoms with van der Waals surface area (Å²) < 4.78 is 0. The number of nitrogens with zero attached hydrogens (tertiary/aromatic N) is 5. The monoisotopic (exact) mass is 394 g/mol. The van der Waals surface area contributed by atoms with E-state index in [9.17, 15) is 4.79 Å². The molecule has 160 valence electrons. The average molecular weight is 395 g/mol. The maximum atomic E-state index is 12.1. The maximum Gasteiger partial charge on any atom is 0.217 e. The Labute approximate surface area is 169 Å². The largest absolute Gasteiger partial charge is 0.347 e. The van der Waals surface area contributed by atoms with Crippen LogP contribution in [0.5, 0.6) is 0 Å². The van der Waals surface area contributed by atoms with E-state index in [-0.39, 0.29) is 17.0 Å². The first-order valence-electron chi connectivity index (χ1n) is 10.7. The Hall–Kier alpha value is -0.810. The van der Waals surface area contributed by atoms with Crippen molar-refractivity contribution in [2.75, 3.05) is 92.6 Å².